The van der Waals surface area contributed by atoms with Crippen LogP contribution in [-0.2, 0) is 0 Å². The van der Waals surface area contributed by atoms with Gasteiger partial charge in [-0.25, -0.2) is 0 Å². The van der Waals surface area contributed by atoms with E-state index in [4.69, 9.17) is 5.73 Å². The van der Waals surface area contributed by atoms with E-state index in [1.54, 1.807) is 0 Å². The maximum Gasteiger partial charge on any atom is 0.0165 e. The van der Waals surface area contributed by atoms with Crippen molar-refractivity contribution in [3.05, 3.63) is 0 Å². The number of hydrogen-bond donors (Lipinski definition) is 2. The number of rotatable bonds is 5. The third kappa shape index (κ3) is 9.84. The van der Waals surface area contributed by atoms with Crippen LogP contribution >= 0.6 is 0 Å². The SMILES string of the molecule is CC(C)NCC(N)CCC(C)(C)C. The Kier molecular flexibility index (Phi) is 5.57. The maximum atomic E-state index is 5.97. The first-order valence-corrected chi connectivity index (χ1v) is 5.30. The van der Waals surface area contributed by atoms with Gasteiger partial charge >= 0.3 is 0 Å². The Labute approximate surface area is 83.3 Å². The molecule has 13 heavy (non-hydrogen) atoms. The van der Waals surface area contributed by atoms with Crippen LogP contribution in [-0.4, -0.2) is 18.6 Å². The summed E-state index contributed by atoms with van der Waals surface area (Å²) in [4.78, 5) is 0. The summed E-state index contributed by atoms with van der Waals surface area (Å²) in [6, 6.07) is 0.849. The van der Waals surface area contributed by atoms with E-state index in [1.165, 1.54) is 6.42 Å². The number of hydrogen-bond acceptors (Lipinski definition) is 2. The molecule has 0 aliphatic carbocycles. The van der Waals surface area contributed by atoms with Gasteiger partial charge in [-0.05, 0) is 18.3 Å². The first-order valence-electron chi connectivity index (χ1n) is 5.30. The Morgan fingerprint density at radius 1 is 1.23 bits per heavy atom. The average molecular weight is 186 g/mol. The first kappa shape index (κ1) is 12.9. The maximum absolute atomic E-state index is 5.97. The minimum atomic E-state index is 0.307. The quantitative estimate of drug-likeness (QED) is 0.690. The normalized spacial score (nSPS) is 15.0. The van der Waals surface area contributed by atoms with Crippen LogP contribution in [0.15, 0.2) is 0 Å². The van der Waals surface area contributed by atoms with E-state index in [0.717, 1.165) is 13.0 Å². The van der Waals surface area contributed by atoms with Crippen LogP contribution in [0.5, 0.6) is 0 Å². The molecule has 0 amide bonds. The van der Waals surface area contributed by atoms with Gasteiger partial charge in [-0.15, -0.1) is 0 Å². The van der Waals surface area contributed by atoms with E-state index < -0.39 is 0 Å². The molecule has 0 aliphatic rings. The van der Waals surface area contributed by atoms with Gasteiger partial charge in [-0.3, -0.25) is 0 Å². The average Bonchev–Trinajstić information content (AvgIpc) is 1.95. The molecule has 0 aromatic heterocycles. The van der Waals surface area contributed by atoms with Gasteiger partial charge in [-0.2, -0.15) is 0 Å². The first-order chi connectivity index (χ1) is 5.81. The fraction of sp³-hybridized carbons (Fsp3) is 1.00. The molecular formula is C11H26N2. The van der Waals surface area contributed by atoms with Crippen molar-refractivity contribution < 1.29 is 0 Å². The van der Waals surface area contributed by atoms with Gasteiger partial charge in [0.05, 0.1) is 0 Å². The molecule has 0 fully saturated rings. The van der Waals surface area contributed by atoms with Crippen LogP contribution < -0.4 is 11.1 Å². The summed E-state index contributed by atoms with van der Waals surface area (Å²) in [5.74, 6) is 0. The van der Waals surface area contributed by atoms with Crippen molar-refractivity contribution in [1.82, 2.24) is 5.32 Å². The van der Waals surface area contributed by atoms with Crippen molar-refractivity contribution in [2.75, 3.05) is 6.54 Å². The molecule has 0 aromatic rings. The van der Waals surface area contributed by atoms with Gasteiger partial charge in [0.2, 0.25) is 0 Å². The Hall–Kier alpha value is -0.0800. The summed E-state index contributed by atoms with van der Waals surface area (Å²) in [5.41, 5.74) is 6.38. The summed E-state index contributed by atoms with van der Waals surface area (Å²) < 4.78 is 0. The highest BCUT2D eigenvalue weighted by Crippen LogP contribution is 2.20. The third-order valence-electron chi connectivity index (χ3n) is 2.05. The minimum Gasteiger partial charge on any atom is -0.327 e. The third-order valence-corrected chi connectivity index (χ3v) is 2.05. The summed E-state index contributed by atoms with van der Waals surface area (Å²) in [7, 11) is 0. The zero-order chi connectivity index (χ0) is 10.5. The molecule has 0 aromatic carbocycles. The predicted molar refractivity (Wildman–Crippen MR) is 59.8 cm³/mol. The van der Waals surface area contributed by atoms with Crippen LogP contribution in [0.3, 0.4) is 0 Å². The molecular weight excluding hydrogens is 160 g/mol. The monoisotopic (exact) mass is 186 g/mol. The van der Waals surface area contributed by atoms with Gasteiger partial charge < -0.3 is 11.1 Å². The molecule has 3 N–H and O–H groups in total. The van der Waals surface area contributed by atoms with E-state index >= 15 is 0 Å². The van der Waals surface area contributed by atoms with E-state index in [1.807, 2.05) is 0 Å². The minimum absolute atomic E-state index is 0.307. The molecule has 0 rings (SSSR count). The Morgan fingerprint density at radius 2 is 1.77 bits per heavy atom. The van der Waals surface area contributed by atoms with Crippen molar-refractivity contribution in [3.63, 3.8) is 0 Å². The Bertz CT molecular complexity index is 125. The summed E-state index contributed by atoms with van der Waals surface area (Å²) in [6.07, 6.45) is 2.32. The second-order valence-corrected chi connectivity index (χ2v) is 5.42. The lowest BCUT2D eigenvalue weighted by Gasteiger charge is -2.21. The highest BCUT2D eigenvalue weighted by atomic mass is 14.9. The summed E-state index contributed by atoms with van der Waals surface area (Å²) >= 11 is 0. The second kappa shape index (κ2) is 5.61. The van der Waals surface area contributed by atoms with Gasteiger partial charge in [0, 0.05) is 18.6 Å². The predicted octanol–water partition coefficient (Wildman–Crippen LogP) is 2.14. The molecule has 0 bridgehead atoms. The van der Waals surface area contributed by atoms with Crippen LogP contribution in [0.25, 0.3) is 0 Å². The van der Waals surface area contributed by atoms with Crippen molar-refractivity contribution in [2.24, 2.45) is 11.1 Å². The molecule has 1 unspecified atom stereocenters. The summed E-state index contributed by atoms with van der Waals surface area (Å²) in [5, 5.41) is 3.36. The molecule has 0 aliphatic heterocycles. The lowest BCUT2D eigenvalue weighted by atomic mass is 9.89. The molecule has 80 valence electrons. The van der Waals surface area contributed by atoms with Crippen LogP contribution in [0.1, 0.15) is 47.5 Å². The van der Waals surface area contributed by atoms with Crippen molar-refractivity contribution >= 4 is 0 Å². The highest BCUT2D eigenvalue weighted by Gasteiger charge is 2.12. The summed E-state index contributed by atoms with van der Waals surface area (Å²) in [6.45, 7) is 12.0. The Morgan fingerprint density at radius 3 is 2.15 bits per heavy atom. The lowest BCUT2D eigenvalue weighted by Crippen LogP contribution is -2.37. The van der Waals surface area contributed by atoms with Crippen molar-refractivity contribution in [2.45, 2.75) is 59.5 Å². The number of nitrogens with two attached hydrogens (primary N) is 1. The van der Waals surface area contributed by atoms with E-state index in [-0.39, 0.29) is 0 Å². The zero-order valence-electron chi connectivity index (χ0n) is 9.85. The molecule has 0 saturated heterocycles. The van der Waals surface area contributed by atoms with Crippen molar-refractivity contribution in [3.8, 4) is 0 Å². The molecule has 0 saturated carbocycles. The van der Waals surface area contributed by atoms with Crippen LogP contribution in [0.2, 0.25) is 0 Å². The molecule has 2 heteroatoms. The number of nitrogens with one attached hydrogen (secondary N) is 1. The highest BCUT2D eigenvalue weighted by molar-refractivity contribution is 4.70. The van der Waals surface area contributed by atoms with Gasteiger partial charge in [0.1, 0.15) is 0 Å². The topological polar surface area (TPSA) is 38.0 Å². The molecule has 0 radical (unpaired) electrons. The fourth-order valence-corrected chi connectivity index (χ4v) is 1.11. The van der Waals surface area contributed by atoms with Gasteiger partial charge in [0.15, 0.2) is 0 Å². The molecule has 0 heterocycles. The molecule has 1 atom stereocenters. The fourth-order valence-electron chi connectivity index (χ4n) is 1.11. The van der Waals surface area contributed by atoms with Gasteiger partial charge in [0.25, 0.3) is 0 Å². The zero-order valence-corrected chi connectivity index (χ0v) is 9.85. The smallest absolute Gasteiger partial charge is 0.0165 e. The van der Waals surface area contributed by atoms with Crippen molar-refractivity contribution in [1.29, 1.82) is 0 Å². The van der Waals surface area contributed by atoms with Crippen LogP contribution in [0.4, 0.5) is 0 Å². The van der Waals surface area contributed by atoms with E-state index in [9.17, 15) is 0 Å². The van der Waals surface area contributed by atoms with Gasteiger partial charge in [-0.1, -0.05) is 34.6 Å². The van der Waals surface area contributed by atoms with E-state index in [0.29, 0.717) is 17.5 Å². The lowest BCUT2D eigenvalue weighted by molar-refractivity contribution is 0.342. The van der Waals surface area contributed by atoms with Crippen LogP contribution in [0, 0.1) is 5.41 Å². The molecule has 2 nitrogen and oxygen atoms in total. The largest absolute Gasteiger partial charge is 0.327 e. The molecule has 0 spiro atoms. The Balaban J connectivity index is 3.46. The van der Waals surface area contributed by atoms with E-state index in [2.05, 4.69) is 39.9 Å². The second-order valence-electron chi connectivity index (χ2n) is 5.42. The standard InChI is InChI=1S/C11H26N2/c1-9(2)13-8-10(12)6-7-11(3,4)5/h9-10,13H,6-8,12H2,1-5H3.